The molecule has 0 unspecified atom stereocenters. The van der Waals surface area contributed by atoms with Gasteiger partial charge in [0.25, 0.3) is 0 Å². The van der Waals surface area contributed by atoms with E-state index in [0.29, 0.717) is 29.7 Å². The van der Waals surface area contributed by atoms with Gasteiger partial charge >= 0.3 is 0 Å². The predicted octanol–water partition coefficient (Wildman–Crippen LogP) is 3.14. The molecule has 2 heterocycles. The lowest BCUT2D eigenvalue weighted by Crippen LogP contribution is -2.48. The Kier molecular flexibility index (Phi) is 4.13. The van der Waals surface area contributed by atoms with E-state index in [1.807, 2.05) is 56.3 Å². The van der Waals surface area contributed by atoms with Crippen LogP contribution in [0.15, 0.2) is 57.9 Å². The lowest BCUT2D eigenvalue weighted by atomic mass is 10.0. The fraction of sp³-hybridized carbons (Fsp3) is 0.263. The molecule has 0 amide bonds. The molecule has 1 aliphatic heterocycles. The van der Waals surface area contributed by atoms with Gasteiger partial charge in [-0.1, -0.05) is 47.6 Å². The molecule has 0 saturated carbocycles. The third-order valence-corrected chi connectivity index (χ3v) is 6.61. The molecule has 4 rings (SSSR count). The molecule has 1 fully saturated rings. The van der Waals surface area contributed by atoms with Gasteiger partial charge in [-0.2, -0.15) is 9.29 Å². The van der Waals surface area contributed by atoms with Crippen molar-refractivity contribution in [1.29, 1.82) is 0 Å². The Hall–Kier alpha value is -2.51. The number of rotatable bonds is 4. The Balaban J connectivity index is 1.50. The third kappa shape index (κ3) is 2.93. The van der Waals surface area contributed by atoms with Crippen LogP contribution in [0.25, 0.3) is 11.4 Å². The molecule has 7 heteroatoms. The number of aromatic nitrogens is 2. The van der Waals surface area contributed by atoms with E-state index in [1.54, 1.807) is 6.07 Å². The third-order valence-electron chi connectivity index (χ3n) is 4.63. The summed E-state index contributed by atoms with van der Waals surface area (Å²) in [6.45, 7) is 4.41. The minimum Gasteiger partial charge on any atom is -0.339 e. The minimum atomic E-state index is -3.50. The summed E-state index contributed by atoms with van der Waals surface area (Å²) < 4.78 is 32.5. The SMILES string of the molecule is Cc1ccc(C)c(S(=O)(=O)N2CC(c3nc(-c4ccccc4)no3)C2)c1. The average molecular weight is 369 g/mol. The number of sulfonamides is 1. The summed E-state index contributed by atoms with van der Waals surface area (Å²) in [6, 6.07) is 15.0. The molecule has 1 aliphatic rings. The molecular formula is C19H19N3O3S. The van der Waals surface area contributed by atoms with Crippen LogP contribution >= 0.6 is 0 Å². The molecule has 0 bridgehead atoms. The van der Waals surface area contributed by atoms with Crippen LogP contribution in [0.4, 0.5) is 0 Å². The quantitative estimate of drug-likeness (QED) is 0.706. The van der Waals surface area contributed by atoms with Crippen molar-refractivity contribution < 1.29 is 12.9 Å². The average Bonchev–Trinajstić information content (AvgIpc) is 3.06. The fourth-order valence-corrected chi connectivity index (χ4v) is 4.86. The number of hydrogen-bond donors (Lipinski definition) is 0. The first-order chi connectivity index (χ1) is 12.4. The van der Waals surface area contributed by atoms with Crippen molar-refractivity contribution in [2.24, 2.45) is 0 Å². The van der Waals surface area contributed by atoms with E-state index in [0.717, 1.165) is 16.7 Å². The largest absolute Gasteiger partial charge is 0.339 e. The van der Waals surface area contributed by atoms with E-state index in [2.05, 4.69) is 10.1 Å². The monoisotopic (exact) mass is 369 g/mol. The van der Waals surface area contributed by atoms with Gasteiger partial charge in [-0.25, -0.2) is 8.42 Å². The van der Waals surface area contributed by atoms with Crippen LogP contribution in [-0.4, -0.2) is 36.0 Å². The summed E-state index contributed by atoms with van der Waals surface area (Å²) in [5.41, 5.74) is 2.56. The maximum absolute atomic E-state index is 12.9. The van der Waals surface area contributed by atoms with E-state index in [-0.39, 0.29) is 5.92 Å². The number of benzene rings is 2. The number of hydrogen-bond acceptors (Lipinski definition) is 5. The van der Waals surface area contributed by atoms with E-state index in [4.69, 9.17) is 4.52 Å². The van der Waals surface area contributed by atoms with Crippen LogP contribution in [0.3, 0.4) is 0 Å². The van der Waals surface area contributed by atoms with Gasteiger partial charge in [0.2, 0.25) is 21.7 Å². The highest BCUT2D eigenvalue weighted by Gasteiger charge is 2.40. The Morgan fingerprint density at radius 2 is 1.81 bits per heavy atom. The zero-order valence-corrected chi connectivity index (χ0v) is 15.4. The van der Waals surface area contributed by atoms with Gasteiger partial charge in [-0.05, 0) is 31.0 Å². The second-order valence-electron chi connectivity index (χ2n) is 6.61. The topological polar surface area (TPSA) is 76.3 Å². The van der Waals surface area contributed by atoms with Gasteiger partial charge in [0, 0.05) is 18.7 Å². The van der Waals surface area contributed by atoms with Crippen LogP contribution in [-0.2, 0) is 10.0 Å². The second kappa shape index (κ2) is 6.34. The zero-order valence-electron chi connectivity index (χ0n) is 14.6. The molecule has 134 valence electrons. The summed E-state index contributed by atoms with van der Waals surface area (Å²) in [4.78, 5) is 4.79. The smallest absolute Gasteiger partial charge is 0.243 e. The molecule has 0 N–H and O–H groups in total. The highest BCUT2D eigenvalue weighted by molar-refractivity contribution is 7.89. The molecule has 26 heavy (non-hydrogen) atoms. The Morgan fingerprint density at radius 3 is 2.54 bits per heavy atom. The van der Waals surface area contributed by atoms with Gasteiger partial charge < -0.3 is 4.52 Å². The fourth-order valence-electron chi connectivity index (χ4n) is 3.02. The van der Waals surface area contributed by atoms with Gasteiger partial charge in [0.15, 0.2) is 0 Å². The molecule has 6 nitrogen and oxygen atoms in total. The van der Waals surface area contributed by atoms with E-state index in [9.17, 15) is 8.42 Å². The van der Waals surface area contributed by atoms with Gasteiger partial charge in [0.05, 0.1) is 10.8 Å². The van der Waals surface area contributed by atoms with Crippen molar-refractivity contribution in [3.63, 3.8) is 0 Å². The first kappa shape index (κ1) is 16.9. The summed E-state index contributed by atoms with van der Waals surface area (Å²) in [5.74, 6) is 0.938. The van der Waals surface area contributed by atoms with Gasteiger partial charge in [0.1, 0.15) is 0 Å². The molecule has 3 aromatic rings. The maximum atomic E-state index is 12.9. The summed E-state index contributed by atoms with van der Waals surface area (Å²) >= 11 is 0. The maximum Gasteiger partial charge on any atom is 0.243 e. The van der Waals surface area contributed by atoms with Crippen LogP contribution in [0, 0.1) is 13.8 Å². The van der Waals surface area contributed by atoms with Crippen molar-refractivity contribution in [2.75, 3.05) is 13.1 Å². The standard InChI is InChI=1S/C19H19N3O3S/c1-13-8-9-14(2)17(10-13)26(23,24)22-11-16(12-22)19-20-18(21-25-19)15-6-4-3-5-7-15/h3-10,16H,11-12H2,1-2H3. The molecule has 0 atom stereocenters. The van der Waals surface area contributed by atoms with Crippen molar-refractivity contribution in [3.8, 4) is 11.4 Å². The summed E-state index contributed by atoms with van der Waals surface area (Å²) in [6.07, 6.45) is 0. The van der Waals surface area contributed by atoms with Crippen LogP contribution in [0.5, 0.6) is 0 Å². The minimum absolute atomic E-state index is 0.0696. The van der Waals surface area contributed by atoms with Crippen molar-refractivity contribution in [2.45, 2.75) is 24.7 Å². The van der Waals surface area contributed by atoms with E-state index < -0.39 is 10.0 Å². The number of nitrogens with zero attached hydrogens (tertiary/aromatic N) is 3. The first-order valence-corrected chi connectivity index (χ1v) is 9.85. The molecular weight excluding hydrogens is 350 g/mol. The Morgan fingerprint density at radius 1 is 1.08 bits per heavy atom. The Bertz CT molecular complexity index is 1040. The molecule has 0 aliphatic carbocycles. The normalized spacial score (nSPS) is 15.8. The van der Waals surface area contributed by atoms with Crippen LogP contribution in [0.2, 0.25) is 0 Å². The second-order valence-corrected chi connectivity index (χ2v) is 8.52. The van der Waals surface area contributed by atoms with Crippen LogP contribution in [0.1, 0.15) is 22.9 Å². The van der Waals surface area contributed by atoms with Gasteiger partial charge in [-0.15, -0.1) is 0 Å². The zero-order chi connectivity index (χ0) is 18.3. The molecule has 1 saturated heterocycles. The van der Waals surface area contributed by atoms with E-state index >= 15 is 0 Å². The van der Waals surface area contributed by atoms with Crippen molar-refractivity contribution in [3.05, 3.63) is 65.5 Å². The first-order valence-electron chi connectivity index (χ1n) is 8.41. The highest BCUT2D eigenvalue weighted by atomic mass is 32.2. The molecule has 0 spiro atoms. The van der Waals surface area contributed by atoms with Gasteiger partial charge in [-0.3, -0.25) is 0 Å². The lowest BCUT2D eigenvalue weighted by Gasteiger charge is -2.36. The van der Waals surface area contributed by atoms with E-state index in [1.165, 1.54) is 4.31 Å². The molecule has 1 aromatic heterocycles. The summed E-state index contributed by atoms with van der Waals surface area (Å²) in [5, 5.41) is 4.01. The molecule has 2 aromatic carbocycles. The Labute approximate surface area is 152 Å². The molecule has 0 radical (unpaired) electrons. The predicted molar refractivity (Wildman–Crippen MR) is 97.1 cm³/mol. The summed E-state index contributed by atoms with van der Waals surface area (Å²) in [7, 11) is -3.50. The van der Waals surface area contributed by atoms with Crippen molar-refractivity contribution in [1.82, 2.24) is 14.4 Å². The number of aryl methyl sites for hydroxylation is 2. The van der Waals surface area contributed by atoms with Crippen molar-refractivity contribution >= 4 is 10.0 Å². The highest BCUT2D eigenvalue weighted by Crippen LogP contribution is 2.33. The lowest BCUT2D eigenvalue weighted by molar-refractivity contribution is 0.216. The van der Waals surface area contributed by atoms with Crippen LogP contribution < -0.4 is 0 Å².